The molecule has 1 saturated carbocycles. The summed E-state index contributed by atoms with van der Waals surface area (Å²) in [5.74, 6) is 2.24. The topological polar surface area (TPSA) is 97.0 Å². The molecule has 0 unspecified atom stereocenters. The number of nitrogens with zero attached hydrogens (tertiary/aromatic N) is 5. The zero-order valence-corrected chi connectivity index (χ0v) is 15.2. The summed E-state index contributed by atoms with van der Waals surface area (Å²) in [5, 5.41) is 6.81. The third kappa shape index (κ3) is 4.87. The molecular formula is C18H24N6O2. The largest absolute Gasteiger partial charge is 0.352 e. The molecule has 138 valence electrons. The Balaban J connectivity index is 1.42. The van der Waals surface area contributed by atoms with Gasteiger partial charge < -0.3 is 14.7 Å². The van der Waals surface area contributed by atoms with Crippen LogP contribution in [0, 0.1) is 0 Å². The first-order valence-corrected chi connectivity index (χ1v) is 8.89. The third-order valence-electron chi connectivity index (χ3n) is 4.32. The molecule has 1 fully saturated rings. The van der Waals surface area contributed by atoms with Crippen molar-refractivity contribution in [2.24, 2.45) is 0 Å². The molecule has 0 saturated heterocycles. The Labute approximate surface area is 152 Å². The smallest absolute Gasteiger partial charge is 0.244 e. The Morgan fingerprint density at radius 2 is 2.04 bits per heavy atom. The molecule has 8 heteroatoms. The van der Waals surface area contributed by atoms with Gasteiger partial charge in [0.05, 0.1) is 0 Å². The molecule has 0 radical (unpaired) electrons. The highest BCUT2D eigenvalue weighted by Gasteiger charge is 2.22. The van der Waals surface area contributed by atoms with Crippen LogP contribution in [0.5, 0.6) is 0 Å². The highest BCUT2D eigenvalue weighted by Crippen LogP contribution is 2.32. The van der Waals surface area contributed by atoms with Gasteiger partial charge in [-0.1, -0.05) is 18.0 Å². The number of amides is 1. The number of carbonyl (C=O) groups is 1. The Hall–Kier alpha value is -2.77. The van der Waals surface area contributed by atoms with Crippen LogP contribution < -0.4 is 10.2 Å². The van der Waals surface area contributed by atoms with E-state index in [4.69, 9.17) is 4.52 Å². The highest BCUT2D eigenvalue weighted by atomic mass is 16.5. The predicted octanol–water partition coefficient (Wildman–Crippen LogP) is 1.96. The van der Waals surface area contributed by atoms with E-state index in [2.05, 4.69) is 25.4 Å². The molecule has 2 aromatic heterocycles. The van der Waals surface area contributed by atoms with Gasteiger partial charge in [0.1, 0.15) is 0 Å². The summed E-state index contributed by atoms with van der Waals surface area (Å²) in [7, 11) is 3.75. The van der Waals surface area contributed by atoms with Crippen molar-refractivity contribution >= 4 is 17.9 Å². The number of rotatable bonds is 7. The molecule has 0 atom stereocenters. The summed E-state index contributed by atoms with van der Waals surface area (Å²) >= 11 is 0. The summed E-state index contributed by atoms with van der Waals surface area (Å²) in [6, 6.07) is 0. The van der Waals surface area contributed by atoms with Gasteiger partial charge in [0.15, 0.2) is 5.82 Å². The fourth-order valence-electron chi connectivity index (χ4n) is 2.88. The molecule has 1 N–H and O–H groups in total. The van der Waals surface area contributed by atoms with Crippen molar-refractivity contribution in [1.29, 1.82) is 0 Å². The molecule has 8 nitrogen and oxygen atoms in total. The lowest BCUT2D eigenvalue weighted by Gasteiger charge is -2.08. The van der Waals surface area contributed by atoms with E-state index in [0.29, 0.717) is 30.7 Å². The monoisotopic (exact) mass is 356 g/mol. The van der Waals surface area contributed by atoms with Crippen molar-refractivity contribution in [3.63, 3.8) is 0 Å². The van der Waals surface area contributed by atoms with E-state index in [9.17, 15) is 4.79 Å². The lowest BCUT2D eigenvalue weighted by molar-refractivity contribution is -0.116. The van der Waals surface area contributed by atoms with Crippen LogP contribution in [-0.4, -0.2) is 46.7 Å². The maximum Gasteiger partial charge on any atom is 0.244 e. The number of aromatic nitrogens is 4. The van der Waals surface area contributed by atoms with Gasteiger partial charge >= 0.3 is 0 Å². The van der Waals surface area contributed by atoms with E-state index >= 15 is 0 Å². The lowest BCUT2D eigenvalue weighted by atomic mass is 10.1. The Bertz CT molecular complexity index is 747. The van der Waals surface area contributed by atoms with Crippen LogP contribution in [0.15, 0.2) is 23.0 Å². The Morgan fingerprint density at radius 3 is 2.73 bits per heavy atom. The molecule has 26 heavy (non-hydrogen) atoms. The molecule has 2 heterocycles. The minimum absolute atomic E-state index is 0.179. The molecule has 0 spiro atoms. The summed E-state index contributed by atoms with van der Waals surface area (Å²) < 4.78 is 5.33. The van der Waals surface area contributed by atoms with Crippen molar-refractivity contribution in [1.82, 2.24) is 25.4 Å². The number of anilines is 1. The first-order valence-electron chi connectivity index (χ1n) is 8.89. The van der Waals surface area contributed by atoms with E-state index in [1.54, 1.807) is 18.5 Å². The third-order valence-corrected chi connectivity index (χ3v) is 4.32. The number of hydrogen-bond donors (Lipinski definition) is 1. The van der Waals surface area contributed by atoms with E-state index < -0.39 is 0 Å². The standard InChI is InChI=1S/C18H24N6O2/c1-24(2)18-20-11-13(12-21-18)7-8-16(25)19-10-9-15-22-17(26-23-15)14-5-3-4-6-14/h7-8,11-12,14H,3-6,9-10H2,1-2H3,(H,19,25). The van der Waals surface area contributed by atoms with Crippen LogP contribution in [0.4, 0.5) is 5.95 Å². The fourth-order valence-corrected chi connectivity index (χ4v) is 2.88. The van der Waals surface area contributed by atoms with Crippen LogP contribution in [-0.2, 0) is 11.2 Å². The van der Waals surface area contributed by atoms with Crippen molar-refractivity contribution in [3.05, 3.63) is 35.7 Å². The average Bonchev–Trinajstić information content (AvgIpc) is 3.32. The summed E-state index contributed by atoms with van der Waals surface area (Å²) in [6.45, 7) is 0.461. The van der Waals surface area contributed by atoms with E-state index in [0.717, 1.165) is 24.3 Å². The van der Waals surface area contributed by atoms with Crippen LogP contribution in [0.3, 0.4) is 0 Å². The highest BCUT2D eigenvalue weighted by molar-refractivity contribution is 5.91. The minimum Gasteiger partial charge on any atom is -0.352 e. The lowest BCUT2D eigenvalue weighted by Crippen LogP contribution is -2.23. The maximum atomic E-state index is 11.9. The zero-order valence-electron chi connectivity index (χ0n) is 15.2. The second-order valence-electron chi connectivity index (χ2n) is 6.62. The van der Waals surface area contributed by atoms with Gasteiger partial charge in [-0.25, -0.2) is 9.97 Å². The molecular weight excluding hydrogens is 332 g/mol. The molecule has 0 bridgehead atoms. The van der Waals surface area contributed by atoms with E-state index in [-0.39, 0.29) is 5.91 Å². The first-order chi connectivity index (χ1) is 12.6. The van der Waals surface area contributed by atoms with Crippen LogP contribution in [0.25, 0.3) is 6.08 Å². The normalized spacial score (nSPS) is 14.8. The second kappa shape index (κ2) is 8.55. The Kier molecular flexibility index (Phi) is 5.93. The number of nitrogens with one attached hydrogen (secondary N) is 1. The maximum absolute atomic E-state index is 11.9. The fraction of sp³-hybridized carbons (Fsp3) is 0.500. The van der Waals surface area contributed by atoms with Crippen molar-refractivity contribution < 1.29 is 9.32 Å². The van der Waals surface area contributed by atoms with Crippen molar-refractivity contribution in [2.75, 3.05) is 25.5 Å². The van der Waals surface area contributed by atoms with Gasteiger partial charge in [0.2, 0.25) is 17.7 Å². The van der Waals surface area contributed by atoms with Gasteiger partial charge in [-0.2, -0.15) is 4.98 Å². The van der Waals surface area contributed by atoms with Crippen LogP contribution >= 0.6 is 0 Å². The second-order valence-corrected chi connectivity index (χ2v) is 6.62. The van der Waals surface area contributed by atoms with Crippen LogP contribution in [0.1, 0.15) is 48.9 Å². The molecule has 2 aromatic rings. The molecule has 3 rings (SSSR count). The SMILES string of the molecule is CN(C)c1ncc(C=CC(=O)NCCc2noc(C3CCCC3)n2)cn1. The molecule has 1 amide bonds. The number of hydrogen-bond acceptors (Lipinski definition) is 7. The number of carbonyl (C=O) groups excluding carboxylic acids is 1. The summed E-state index contributed by atoms with van der Waals surface area (Å²) in [5.41, 5.74) is 0.769. The van der Waals surface area contributed by atoms with Gasteiger partial charge in [0.25, 0.3) is 0 Å². The molecule has 0 aliphatic heterocycles. The average molecular weight is 356 g/mol. The van der Waals surface area contributed by atoms with Crippen molar-refractivity contribution in [2.45, 2.75) is 38.0 Å². The van der Waals surface area contributed by atoms with E-state index in [1.165, 1.54) is 18.9 Å². The van der Waals surface area contributed by atoms with Crippen molar-refractivity contribution in [3.8, 4) is 0 Å². The minimum atomic E-state index is -0.179. The van der Waals surface area contributed by atoms with Gasteiger partial charge in [0, 0.05) is 57.0 Å². The van der Waals surface area contributed by atoms with Crippen LogP contribution in [0.2, 0.25) is 0 Å². The molecule has 0 aromatic carbocycles. The zero-order chi connectivity index (χ0) is 18.4. The summed E-state index contributed by atoms with van der Waals surface area (Å²) in [6.07, 6.45) is 11.8. The van der Waals surface area contributed by atoms with Gasteiger partial charge in [-0.3, -0.25) is 4.79 Å². The quantitative estimate of drug-likeness (QED) is 0.757. The Morgan fingerprint density at radius 1 is 1.31 bits per heavy atom. The van der Waals surface area contributed by atoms with E-state index in [1.807, 2.05) is 19.0 Å². The molecule has 1 aliphatic carbocycles. The first kappa shape index (κ1) is 18.0. The summed E-state index contributed by atoms with van der Waals surface area (Å²) in [4.78, 5) is 26.5. The molecule has 1 aliphatic rings. The van der Waals surface area contributed by atoms with Gasteiger partial charge in [-0.15, -0.1) is 0 Å². The predicted molar refractivity (Wildman–Crippen MR) is 97.6 cm³/mol. The van der Waals surface area contributed by atoms with Gasteiger partial charge in [-0.05, 0) is 18.9 Å².